The van der Waals surface area contributed by atoms with E-state index in [4.69, 9.17) is 10.5 Å². The zero-order valence-electron chi connectivity index (χ0n) is 10.1. The van der Waals surface area contributed by atoms with Gasteiger partial charge in [0.25, 0.3) is 0 Å². The van der Waals surface area contributed by atoms with Gasteiger partial charge in [0.1, 0.15) is 6.10 Å². The molecule has 88 valence electrons. The second-order valence-electron chi connectivity index (χ2n) is 4.26. The quantitative estimate of drug-likeness (QED) is 0.794. The van der Waals surface area contributed by atoms with Crippen molar-refractivity contribution in [3.05, 3.63) is 35.4 Å². The molecule has 3 heteroatoms. The van der Waals surface area contributed by atoms with E-state index in [2.05, 4.69) is 0 Å². The van der Waals surface area contributed by atoms with Crippen molar-refractivity contribution in [2.24, 2.45) is 11.7 Å². The van der Waals surface area contributed by atoms with Gasteiger partial charge < -0.3 is 10.5 Å². The van der Waals surface area contributed by atoms with Crippen LogP contribution in [0.3, 0.4) is 0 Å². The van der Waals surface area contributed by atoms with Crippen LogP contribution >= 0.6 is 0 Å². The molecular weight excluding hydrogens is 202 g/mol. The zero-order valence-corrected chi connectivity index (χ0v) is 10.1. The van der Waals surface area contributed by atoms with E-state index in [-0.39, 0.29) is 12.1 Å². The number of ether oxygens (including phenoxy) is 1. The Kier molecular flexibility index (Phi) is 4.50. The molecule has 0 aliphatic rings. The van der Waals surface area contributed by atoms with E-state index in [1.165, 1.54) is 0 Å². The lowest BCUT2D eigenvalue weighted by Crippen LogP contribution is -2.20. The van der Waals surface area contributed by atoms with Gasteiger partial charge in [0.15, 0.2) is 0 Å². The summed E-state index contributed by atoms with van der Waals surface area (Å²) in [6.07, 6.45) is -0.0750. The van der Waals surface area contributed by atoms with Crippen LogP contribution in [0, 0.1) is 5.92 Å². The van der Waals surface area contributed by atoms with Gasteiger partial charge in [-0.05, 0) is 30.5 Å². The first-order chi connectivity index (χ1) is 7.54. The molecule has 1 aromatic rings. The molecule has 0 heterocycles. The number of rotatable bonds is 4. The molecule has 1 rings (SSSR count). The Balaban J connectivity index is 2.72. The molecule has 1 unspecified atom stereocenters. The lowest BCUT2D eigenvalue weighted by Gasteiger charge is -2.16. The fourth-order valence-corrected chi connectivity index (χ4v) is 1.20. The number of hydrogen-bond acceptors (Lipinski definition) is 3. The van der Waals surface area contributed by atoms with E-state index in [1.807, 2.05) is 32.9 Å². The van der Waals surface area contributed by atoms with Gasteiger partial charge in [-0.15, -0.1) is 0 Å². The van der Waals surface area contributed by atoms with Gasteiger partial charge in [-0.2, -0.15) is 0 Å². The highest BCUT2D eigenvalue weighted by atomic mass is 16.5. The summed E-state index contributed by atoms with van der Waals surface area (Å²) in [5.41, 5.74) is 7.02. The van der Waals surface area contributed by atoms with E-state index < -0.39 is 0 Å². The van der Waals surface area contributed by atoms with Gasteiger partial charge in [-0.25, -0.2) is 4.79 Å². The van der Waals surface area contributed by atoms with Crippen LogP contribution in [0.1, 0.15) is 36.7 Å². The summed E-state index contributed by atoms with van der Waals surface area (Å²) in [6, 6.07) is 7.23. The number of benzene rings is 1. The average molecular weight is 221 g/mol. The molecule has 0 aromatic heterocycles. The van der Waals surface area contributed by atoms with Crippen LogP contribution in [0.25, 0.3) is 0 Å². The van der Waals surface area contributed by atoms with E-state index in [9.17, 15) is 4.79 Å². The number of carbonyl (C=O) groups excluding carboxylic acids is 1. The van der Waals surface area contributed by atoms with Crippen molar-refractivity contribution >= 4 is 5.97 Å². The van der Waals surface area contributed by atoms with Gasteiger partial charge in [0, 0.05) is 6.54 Å². The lowest BCUT2D eigenvalue weighted by molar-refractivity contribution is 0.0238. The molecule has 16 heavy (non-hydrogen) atoms. The Morgan fingerprint density at radius 2 is 2.06 bits per heavy atom. The fraction of sp³-hybridized carbons (Fsp3) is 0.462. The molecule has 0 spiro atoms. The number of esters is 1. The third-order valence-corrected chi connectivity index (χ3v) is 2.63. The number of nitrogens with two attached hydrogens (primary N) is 1. The minimum atomic E-state index is -0.281. The Morgan fingerprint density at radius 3 is 2.62 bits per heavy atom. The third kappa shape index (κ3) is 3.35. The zero-order chi connectivity index (χ0) is 12.1. The standard InChI is InChI=1S/C13H19NO2/c1-9(2)10(3)16-13(15)12-6-4-5-11(7-12)8-14/h4-7,9-10H,8,14H2,1-3H3. The molecule has 0 aliphatic carbocycles. The first-order valence-corrected chi connectivity index (χ1v) is 5.54. The van der Waals surface area contributed by atoms with Crippen molar-refractivity contribution < 1.29 is 9.53 Å². The molecule has 0 saturated carbocycles. The molecule has 0 radical (unpaired) electrons. The monoisotopic (exact) mass is 221 g/mol. The van der Waals surface area contributed by atoms with Crippen LogP contribution in [0.5, 0.6) is 0 Å². The van der Waals surface area contributed by atoms with Crippen LogP contribution in [-0.4, -0.2) is 12.1 Å². The molecule has 3 nitrogen and oxygen atoms in total. The van der Waals surface area contributed by atoms with Crippen molar-refractivity contribution in [2.45, 2.75) is 33.4 Å². The summed E-state index contributed by atoms with van der Waals surface area (Å²) < 4.78 is 5.32. The lowest BCUT2D eigenvalue weighted by atomic mass is 10.1. The van der Waals surface area contributed by atoms with E-state index in [1.54, 1.807) is 12.1 Å². The van der Waals surface area contributed by atoms with Gasteiger partial charge in [-0.1, -0.05) is 26.0 Å². The highest BCUT2D eigenvalue weighted by Gasteiger charge is 2.14. The predicted molar refractivity (Wildman–Crippen MR) is 64.0 cm³/mol. The summed E-state index contributed by atoms with van der Waals surface area (Å²) in [7, 11) is 0. The largest absolute Gasteiger partial charge is 0.459 e. The molecule has 2 N–H and O–H groups in total. The maximum Gasteiger partial charge on any atom is 0.338 e. The first kappa shape index (κ1) is 12.7. The SMILES string of the molecule is CC(C)C(C)OC(=O)c1cccc(CN)c1. The van der Waals surface area contributed by atoms with Crippen molar-refractivity contribution in [2.75, 3.05) is 0 Å². The Labute approximate surface area is 96.6 Å². The third-order valence-electron chi connectivity index (χ3n) is 2.63. The Hall–Kier alpha value is -1.35. The minimum Gasteiger partial charge on any atom is -0.459 e. The summed E-state index contributed by atoms with van der Waals surface area (Å²) >= 11 is 0. The molecule has 0 saturated heterocycles. The Morgan fingerprint density at radius 1 is 1.38 bits per heavy atom. The van der Waals surface area contributed by atoms with Crippen molar-refractivity contribution in [3.63, 3.8) is 0 Å². The number of hydrogen-bond donors (Lipinski definition) is 1. The molecule has 1 atom stereocenters. The molecular formula is C13H19NO2. The summed E-state index contributed by atoms with van der Waals surface area (Å²) in [5.74, 6) is 0.0399. The molecule has 0 aliphatic heterocycles. The highest BCUT2D eigenvalue weighted by molar-refractivity contribution is 5.89. The highest BCUT2D eigenvalue weighted by Crippen LogP contribution is 2.11. The maximum absolute atomic E-state index is 11.8. The predicted octanol–water partition coefficient (Wildman–Crippen LogP) is 2.35. The summed E-state index contributed by atoms with van der Waals surface area (Å²) in [6.45, 7) is 6.37. The van der Waals surface area contributed by atoms with Gasteiger partial charge in [-0.3, -0.25) is 0 Å². The molecule has 0 bridgehead atoms. The normalized spacial score (nSPS) is 12.6. The van der Waals surface area contributed by atoms with E-state index >= 15 is 0 Å². The van der Waals surface area contributed by atoms with E-state index in [0.717, 1.165) is 5.56 Å². The first-order valence-electron chi connectivity index (χ1n) is 5.54. The van der Waals surface area contributed by atoms with Crippen LogP contribution < -0.4 is 5.73 Å². The molecule has 0 fully saturated rings. The average Bonchev–Trinajstić information content (AvgIpc) is 2.28. The van der Waals surface area contributed by atoms with Gasteiger partial charge >= 0.3 is 5.97 Å². The van der Waals surface area contributed by atoms with Gasteiger partial charge in [0.2, 0.25) is 0 Å². The Bertz CT molecular complexity index is 361. The van der Waals surface area contributed by atoms with Crippen LogP contribution in [0.15, 0.2) is 24.3 Å². The van der Waals surface area contributed by atoms with Crippen molar-refractivity contribution in [1.82, 2.24) is 0 Å². The van der Waals surface area contributed by atoms with Crippen molar-refractivity contribution in [1.29, 1.82) is 0 Å². The van der Waals surface area contributed by atoms with E-state index in [0.29, 0.717) is 18.0 Å². The van der Waals surface area contributed by atoms with Crippen molar-refractivity contribution in [3.8, 4) is 0 Å². The van der Waals surface area contributed by atoms with Crippen LogP contribution in [0.4, 0.5) is 0 Å². The van der Waals surface area contributed by atoms with Crippen LogP contribution in [-0.2, 0) is 11.3 Å². The maximum atomic E-state index is 11.8. The second kappa shape index (κ2) is 5.66. The second-order valence-corrected chi connectivity index (χ2v) is 4.26. The number of carbonyl (C=O) groups is 1. The summed E-state index contributed by atoms with van der Waals surface area (Å²) in [4.78, 5) is 11.8. The van der Waals surface area contributed by atoms with Crippen LogP contribution in [0.2, 0.25) is 0 Å². The minimum absolute atomic E-state index is 0.0750. The smallest absolute Gasteiger partial charge is 0.338 e. The fourth-order valence-electron chi connectivity index (χ4n) is 1.20. The topological polar surface area (TPSA) is 52.3 Å². The summed E-state index contributed by atoms with van der Waals surface area (Å²) in [5, 5.41) is 0. The molecule has 1 aromatic carbocycles. The van der Waals surface area contributed by atoms with Gasteiger partial charge in [0.05, 0.1) is 5.56 Å². The molecule has 0 amide bonds.